The molecule has 2 N–H and O–H groups in total. The number of hydrogen-bond donors (Lipinski definition) is 2. The first-order valence-corrected chi connectivity index (χ1v) is 6.11. The van der Waals surface area contributed by atoms with E-state index in [1.165, 1.54) is 0 Å². The SMILES string of the molecule is O=C(NCc1ccc(OCCCCO)cc1)C(F)(F)F. The first-order valence-electron chi connectivity index (χ1n) is 6.11. The Hall–Kier alpha value is -1.76. The van der Waals surface area contributed by atoms with Crippen molar-refractivity contribution in [1.82, 2.24) is 5.32 Å². The van der Waals surface area contributed by atoms with Crippen molar-refractivity contribution < 1.29 is 27.8 Å². The van der Waals surface area contributed by atoms with Crippen LogP contribution in [0.5, 0.6) is 5.75 Å². The summed E-state index contributed by atoms with van der Waals surface area (Å²) in [5.41, 5.74) is 0.547. The number of aliphatic hydroxyl groups is 1. The minimum atomic E-state index is -4.87. The molecule has 0 aliphatic rings. The molecule has 0 aromatic heterocycles. The van der Waals surface area contributed by atoms with Crippen molar-refractivity contribution in [2.24, 2.45) is 0 Å². The molecule has 4 nitrogen and oxygen atoms in total. The van der Waals surface area contributed by atoms with Crippen molar-refractivity contribution in [3.05, 3.63) is 29.8 Å². The van der Waals surface area contributed by atoms with Gasteiger partial charge in [0.05, 0.1) is 6.61 Å². The average molecular weight is 291 g/mol. The summed E-state index contributed by atoms with van der Waals surface area (Å²) in [5.74, 6) is -1.37. The number of halogens is 3. The molecule has 0 aliphatic heterocycles. The van der Waals surface area contributed by atoms with E-state index in [9.17, 15) is 18.0 Å². The lowest BCUT2D eigenvalue weighted by atomic mass is 10.2. The van der Waals surface area contributed by atoms with E-state index < -0.39 is 12.1 Å². The predicted molar refractivity (Wildman–Crippen MR) is 66.2 cm³/mol. The molecule has 7 heteroatoms. The second kappa shape index (κ2) is 7.74. The van der Waals surface area contributed by atoms with Gasteiger partial charge in [-0.15, -0.1) is 0 Å². The van der Waals surface area contributed by atoms with Crippen molar-refractivity contribution in [1.29, 1.82) is 0 Å². The molecule has 1 aromatic carbocycles. The molecule has 0 aliphatic carbocycles. The van der Waals surface area contributed by atoms with Gasteiger partial charge < -0.3 is 15.2 Å². The van der Waals surface area contributed by atoms with Gasteiger partial charge in [0, 0.05) is 13.2 Å². The highest BCUT2D eigenvalue weighted by Crippen LogP contribution is 2.16. The third-order valence-electron chi connectivity index (χ3n) is 2.46. The summed E-state index contributed by atoms with van der Waals surface area (Å²) < 4.78 is 41.3. The summed E-state index contributed by atoms with van der Waals surface area (Å²) in [5, 5.41) is 10.4. The Kier molecular flexibility index (Phi) is 6.30. The molecule has 0 spiro atoms. The van der Waals surface area contributed by atoms with Crippen LogP contribution in [0.1, 0.15) is 18.4 Å². The largest absolute Gasteiger partial charge is 0.494 e. The van der Waals surface area contributed by atoms with Crippen LogP contribution in [0.25, 0.3) is 0 Å². The van der Waals surface area contributed by atoms with Crippen LogP contribution in [0.3, 0.4) is 0 Å². The number of aliphatic hydroxyl groups excluding tert-OH is 1. The predicted octanol–water partition coefficient (Wildman–Crippen LogP) is 2.02. The number of alkyl halides is 3. The Morgan fingerprint density at radius 2 is 1.85 bits per heavy atom. The van der Waals surface area contributed by atoms with Crippen molar-refractivity contribution in [2.45, 2.75) is 25.6 Å². The second-order valence-corrected chi connectivity index (χ2v) is 4.10. The Labute approximate surface area is 114 Å². The molecule has 1 amide bonds. The van der Waals surface area contributed by atoms with E-state index in [2.05, 4.69) is 0 Å². The van der Waals surface area contributed by atoms with Gasteiger partial charge in [0.15, 0.2) is 0 Å². The molecule has 0 atom stereocenters. The zero-order valence-corrected chi connectivity index (χ0v) is 10.7. The molecule has 0 radical (unpaired) electrons. The van der Waals surface area contributed by atoms with Crippen molar-refractivity contribution in [3.63, 3.8) is 0 Å². The van der Waals surface area contributed by atoms with E-state index >= 15 is 0 Å². The lowest BCUT2D eigenvalue weighted by Gasteiger charge is -2.09. The molecule has 0 heterocycles. The molecule has 1 rings (SSSR count). The topological polar surface area (TPSA) is 58.6 Å². The molecule has 1 aromatic rings. The second-order valence-electron chi connectivity index (χ2n) is 4.10. The smallest absolute Gasteiger partial charge is 0.471 e. The van der Waals surface area contributed by atoms with Crippen LogP contribution in [0.4, 0.5) is 13.2 Å². The summed E-state index contributed by atoms with van der Waals surface area (Å²) in [6, 6.07) is 6.40. The lowest BCUT2D eigenvalue weighted by Crippen LogP contribution is -2.36. The number of nitrogens with one attached hydrogen (secondary N) is 1. The number of benzene rings is 1. The van der Waals surface area contributed by atoms with Gasteiger partial charge in [-0.05, 0) is 30.5 Å². The summed E-state index contributed by atoms with van der Waals surface area (Å²) in [7, 11) is 0. The number of rotatable bonds is 7. The van der Waals surface area contributed by atoms with Gasteiger partial charge in [-0.1, -0.05) is 12.1 Å². The molecular weight excluding hydrogens is 275 g/mol. The van der Waals surface area contributed by atoms with E-state index in [4.69, 9.17) is 9.84 Å². The highest BCUT2D eigenvalue weighted by Gasteiger charge is 2.38. The third kappa shape index (κ3) is 5.92. The quantitative estimate of drug-likeness (QED) is 0.756. The summed E-state index contributed by atoms with van der Waals surface area (Å²) >= 11 is 0. The van der Waals surface area contributed by atoms with Gasteiger partial charge in [0.25, 0.3) is 0 Å². The standard InChI is InChI=1S/C13H16F3NO3/c14-13(15,16)12(19)17-9-10-3-5-11(6-4-10)20-8-2-1-7-18/h3-6,18H,1-2,7-9H2,(H,17,19). The highest BCUT2D eigenvalue weighted by atomic mass is 19.4. The van der Waals surface area contributed by atoms with Crippen LogP contribution in [0.15, 0.2) is 24.3 Å². The molecule has 0 saturated heterocycles. The summed E-state index contributed by atoms with van der Waals surface area (Å²) in [6.45, 7) is 0.384. The molecule has 0 unspecified atom stereocenters. The number of unbranched alkanes of at least 4 members (excludes halogenated alkanes) is 1. The molecule has 20 heavy (non-hydrogen) atoms. The van der Waals surface area contributed by atoms with Crippen LogP contribution in [0, 0.1) is 0 Å². The number of ether oxygens (including phenoxy) is 1. The van der Waals surface area contributed by atoms with Crippen LogP contribution >= 0.6 is 0 Å². The maximum atomic E-state index is 12.0. The minimum absolute atomic E-state index is 0.112. The Bertz CT molecular complexity index is 418. The first kappa shape index (κ1) is 16.3. The van der Waals surface area contributed by atoms with E-state index in [1.54, 1.807) is 29.6 Å². The monoisotopic (exact) mass is 291 g/mol. The number of hydrogen-bond acceptors (Lipinski definition) is 3. The number of carbonyl (C=O) groups is 1. The number of amides is 1. The fourth-order valence-corrected chi connectivity index (χ4v) is 1.39. The van der Waals surface area contributed by atoms with Crippen LogP contribution in [0.2, 0.25) is 0 Å². The highest BCUT2D eigenvalue weighted by molar-refractivity contribution is 5.81. The fraction of sp³-hybridized carbons (Fsp3) is 0.462. The fourth-order valence-electron chi connectivity index (χ4n) is 1.39. The minimum Gasteiger partial charge on any atom is -0.494 e. The summed E-state index contributed by atoms with van der Waals surface area (Å²) in [6.07, 6.45) is -3.49. The maximum Gasteiger partial charge on any atom is 0.471 e. The van der Waals surface area contributed by atoms with E-state index in [0.29, 0.717) is 24.3 Å². The van der Waals surface area contributed by atoms with Gasteiger partial charge in [0.2, 0.25) is 0 Å². The molecule has 0 saturated carbocycles. The van der Waals surface area contributed by atoms with E-state index in [0.717, 1.165) is 6.42 Å². The van der Waals surface area contributed by atoms with Crippen LogP contribution in [-0.4, -0.2) is 30.4 Å². The molecular formula is C13H16F3NO3. The molecule has 0 fully saturated rings. The van der Waals surface area contributed by atoms with Crippen molar-refractivity contribution in [2.75, 3.05) is 13.2 Å². The molecule has 0 bridgehead atoms. The van der Waals surface area contributed by atoms with Gasteiger partial charge in [-0.25, -0.2) is 0 Å². The lowest BCUT2D eigenvalue weighted by molar-refractivity contribution is -0.173. The van der Waals surface area contributed by atoms with Gasteiger partial charge >= 0.3 is 12.1 Å². The van der Waals surface area contributed by atoms with E-state index in [1.807, 2.05) is 0 Å². The third-order valence-corrected chi connectivity index (χ3v) is 2.46. The van der Waals surface area contributed by atoms with E-state index in [-0.39, 0.29) is 13.2 Å². The number of carbonyl (C=O) groups excluding carboxylic acids is 1. The van der Waals surface area contributed by atoms with Crippen molar-refractivity contribution >= 4 is 5.91 Å². The Morgan fingerprint density at radius 1 is 1.20 bits per heavy atom. The zero-order chi connectivity index (χ0) is 15.0. The maximum absolute atomic E-state index is 12.0. The molecule has 112 valence electrons. The van der Waals surface area contributed by atoms with Crippen molar-refractivity contribution in [3.8, 4) is 5.75 Å². The Balaban J connectivity index is 2.37. The Morgan fingerprint density at radius 3 is 2.40 bits per heavy atom. The van der Waals surface area contributed by atoms with Gasteiger partial charge in [-0.2, -0.15) is 13.2 Å². The van der Waals surface area contributed by atoms with Gasteiger partial charge in [-0.3, -0.25) is 4.79 Å². The normalized spacial score (nSPS) is 11.2. The van der Waals surface area contributed by atoms with Crippen LogP contribution < -0.4 is 10.1 Å². The first-order chi connectivity index (χ1) is 9.43. The van der Waals surface area contributed by atoms with Crippen LogP contribution in [-0.2, 0) is 11.3 Å². The summed E-state index contributed by atoms with van der Waals surface area (Å²) in [4.78, 5) is 10.6. The average Bonchev–Trinajstić information content (AvgIpc) is 2.41. The zero-order valence-electron chi connectivity index (χ0n) is 10.7. The van der Waals surface area contributed by atoms with Gasteiger partial charge in [0.1, 0.15) is 5.75 Å².